The number of hydrogen-bond acceptors (Lipinski definition) is 2. The van der Waals surface area contributed by atoms with Gasteiger partial charge in [-0.3, -0.25) is 0 Å². The molecule has 0 aliphatic carbocycles. The van der Waals surface area contributed by atoms with Gasteiger partial charge in [0.2, 0.25) is 0 Å². The fourth-order valence-electron chi connectivity index (χ4n) is 3.06. The summed E-state index contributed by atoms with van der Waals surface area (Å²) < 4.78 is 1.15. The van der Waals surface area contributed by atoms with Gasteiger partial charge in [0.25, 0.3) is 0 Å². The Morgan fingerprint density at radius 2 is 2.00 bits per heavy atom. The second-order valence-electron chi connectivity index (χ2n) is 5.91. The van der Waals surface area contributed by atoms with Crippen molar-refractivity contribution in [2.24, 2.45) is 0 Å². The molecule has 0 radical (unpaired) electrons. The zero-order valence-corrected chi connectivity index (χ0v) is 14.3. The molecular formula is C17H27BrN2. The van der Waals surface area contributed by atoms with E-state index in [1.165, 1.54) is 50.9 Å². The first-order valence-corrected chi connectivity index (χ1v) is 8.72. The van der Waals surface area contributed by atoms with E-state index in [1.807, 2.05) is 0 Å². The van der Waals surface area contributed by atoms with Crippen LogP contribution in [0.25, 0.3) is 0 Å². The van der Waals surface area contributed by atoms with Gasteiger partial charge in [-0.15, -0.1) is 0 Å². The molecule has 0 aromatic heterocycles. The number of rotatable bonds is 5. The minimum Gasteiger partial charge on any atom is -0.307 e. The summed E-state index contributed by atoms with van der Waals surface area (Å²) in [5, 5.41) is 3.82. The molecule has 1 heterocycles. The summed E-state index contributed by atoms with van der Waals surface area (Å²) in [6, 6.07) is 9.78. The number of nitrogens with zero attached hydrogens (tertiary/aromatic N) is 1. The standard InChI is InChI=1S/C17H27BrN2/c1-3-11-20-12-4-5-17(10-13-20)19-14(2)15-6-8-16(18)9-7-15/h6-9,14,17,19H,3-5,10-13H2,1-2H3/t14-,17?/m1/s1. The first kappa shape index (κ1) is 16.0. The maximum Gasteiger partial charge on any atom is 0.0294 e. The van der Waals surface area contributed by atoms with Gasteiger partial charge in [0.1, 0.15) is 0 Å². The van der Waals surface area contributed by atoms with Crippen LogP contribution in [0.1, 0.15) is 51.1 Å². The number of hydrogen-bond donors (Lipinski definition) is 1. The first-order valence-electron chi connectivity index (χ1n) is 7.93. The molecule has 1 fully saturated rings. The predicted molar refractivity (Wildman–Crippen MR) is 90.1 cm³/mol. The number of halogens is 1. The Morgan fingerprint density at radius 3 is 2.70 bits per heavy atom. The lowest BCUT2D eigenvalue weighted by molar-refractivity contribution is 0.281. The Bertz CT molecular complexity index is 390. The van der Waals surface area contributed by atoms with Crippen molar-refractivity contribution in [2.75, 3.05) is 19.6 Å². The zero-order valence-electron chi connectivity index (χ0n) is 12.7. The molecule has 3 heteroatoms. The summed E-state index contributed by atoms with van der Waals surface area (Å²) in [7, 11) is 0. The van der Waals surface area contributed by atoms with E-state index in [4.69, 9.17) is 0 Å². The van der Waals surface area contributed by atoms with Crippen molar-refractivity contribution in [1.29, 1.82) is 0 Å². The van der Waals surface area contributed by atoms with Crippen molar-refractivity contribution < 1.29 is 0 Å². The van der Waals surface area contributed by atoms with Crippen LogP contribution >= 0.6 is 15.9 Å². The minimum absolute atomic E-state index is 0.436. The van der Waals surface area contributed by atoms with Crippen LogP contribution < -0.4 is 5.32 Å². The first-order chi connectivity index (χ1) is 9.69. The molecule has 0 saturated carbocycles. The summed E-state index contributed by atoms with van der Waals surface area (Å²) >= 11 is 3.50. The van der Waals surface area contributed by atoms with E-state index < -0.39 is 0 Å². The number of benzene rings is 1. The monoisotopic (exact) mass is 338 g/mol. The molecule has 2 nitrogen and oxygen atoms in total. The fourth-order valence-corrected chi connectivity index (χ4v) is 3.33. The maximum absolute atomic E-state index is 3.82. The SMILES string of the molecule is CCCN1CCCC(N[C@H](C)c2ccc(Br)cc2)CC1. The van der Waals surface area contributed by atoms with Gasteiger partial charge in [0, 0.05) is 16.6 Å². The Morgan fingerprint density at radius 1 is 1.25 bits per heavy atom. The van der Waals surface area contributed by atoms with Gasteiger partial charge in [-0.25, -0.2) is 0 Å². The van der Waals surface area contributed by atoms with Gasteiger partial charge in [-0.2, -0.15) is 0 Å². The van der Waals surface area contributed by atoms with E-state index in [0.29, 0.717) is 12.1 Å². The van der Waals surface area contributed by atoms with E-state index in [2.05, 4.69) is 64.3 Å². The fraction of sp³-hybridized carbons (Fsp3) is 0.647. The van der Waals surface area contributed by atoms with Crippen molar-refractivity contribution in [3.63, 3.8) is 0 Å². The summed E-state index contributed by atoms with van der Waals surface area (Å²) in [5.74, 6) is 0. The Balaban J connectivity index is 1.85. The third-order valence-corrected chi connectivity index (χ3v) is 4.74. The van der Waals surface area contributed by atoms with Crippen LogP contribution in [-0.2, 0) is 0 Å². The molecule has 1 aliphatic rings. The van der Waals surface area contributed by atoms with E-state index in [1.54, 1.807) is 0 Å². The minimum atomic E-state index is 0.436. The Labute approximate surface area is 132 Å². The van der Waals surface area contributed by atoms with Crippen LogP contribution in [-0.4, -0.2) is 30.6 Å². The predicted octanol–water partition coefficient (Wildman–Crippen LogP) is 4.36. The highest BCUT2D eigenvalue weighted by molar-refractivity contribution is 9.10. The van der Waals surface area contributed by atoms with Gasteiger partial charge in [0.15, 0.2) is 0 Å². The molecule has 1 aliphatic heterocycles. The van der Waals surface area contributed by atoms with Gasteiger partial charge < -0.3 is 10.2 Å². The van der Waals surface area contributed by atoms with E-state index >= 15 is 0 Å². The lowest BCUT2D eigenvalue weighted by Crippen LogP contribution is -2.33. The molecule has 112 valence electrons. The smallest absolute Gasteiger partial charge is 0.0294 e. The number of nitrogens with one attached hydrogen (secondary N) is 1. The lowest BCUT2D eigenvalue weighted by atomic mass is 10.0. The molecular weight excluding hydrogens is 312 g/mol. The molecule has 20 heavy (non-hydrogen) atoms. The molecule has 2 atom stereocenters. The van der Waals surface area contributed by atoms with E-state index in [9.17, 15) is 0 Å². The molecule has 1 unspecified atom stereocenters. The second-order valence-corrected chi connectivity index (χ2v) is 6.83. The van der Waals surface area contributed by atoms with Crippen LogP contribution in [0.4, 0.5) is 0 Å². The van der Waals surface area contributed by atoms with Crippen LogP contribution in [0.2, 0.25) is 0 Å². The Kier molecular flexibility index (Phi) is 6.53. The quantitative estimate of drug-likeness (QED) is 0.857. The van der Waals surface area contributed by atoms with Crippen LogP contribution in [0, 0.1) is 0 Å². The molecule has 1 saturated heterocycles. The summed E-state index contributed by atoms with van der Waals surface area (Å²) in [6.07, 6.45) is 5.18. The lowest BCUT2D eigenvalue weighted by Gasteiger charge is -2.23. The van der Waals surface area contributed by atoms with Crippen LogP contribution in [0.5, 0.6) is 0 Å². The van der Waals surface area contributed by atoms with Gasteiger partial charge in [-0.1, -0.05) is 35.0 Å². The van der Waals surface area contributed by atoms with Gasteiger partial charge >= 0.3 is 0 Å². The van der Waals surface area contributed by atoms with Crippen molar-refractivity contribution in [1.82, 2.24) is 10.2 Å². The van der Waals surface area contributed by atoms with Crippen LogP contribution in [0.3, 0.4) is 0 Å². The summed E-state index contributed by atoms with van der Waals surface area (Å²) in [4.78, 5) is 2.62. The molecule has 2 rings (SSSR count). The highest BCUT2D eigenvalue weighted by atomic mass is 79.9. The third kappa shape index (κ3) is 4.87. The average Bonchev–Trinajstić information content (AvgIpc) is 2.66. The van der Waals surface area contributed by atoms with Crippen molar-refractivity contribution >= 4 is 15.9 Å². The van der Waals surface area contributed by atoms with Crippen molar-refractivity contribution in [3.05, 3.63) is 34.3 Å². The maximum atomic E-state index is 3.82. The largest absolute Gasteiger partial charge is 0.307 e. The third-order valence-electron chi connectivity index (χ3n) is 4.22. The van der Waals surface area contributed by atoms with Crippen LogP contribution in [0.15, 0.2) is 28.7 Å². The zero-order chi connectivity index (χ0) is 14.4. The molecule has 0 bridgehead atoms. The average molecular weight is 339 g/mol. The second kappa shape index (κ2) is 8.16. The number of likely N-dealkylation sites (tertiary alicyclic amines) is 1. The van der Waals surface area contributed by atoms with E-state index in [-0.39, 0.29) is 0 Å². The highest BCUT2D eigenvalue weighted by Gasteiger charge is 2.18. The molecule has 1 aromatic carbocycles. The summed E-state index contributed by atoms with van der Waals surface area (Å²) in [6.45, 7) is 8.33. The van der Waals surface area contributed by atoms with Crippen molar-refractivity contribution in [3.8, 4) is 0 Å². The molecule has 0 spiro atoms. The van der Waals surface area contributed by atoms with Gasteiger partial charge in [0.05, 0.1) is 0 Å². The van der Waals surface area contributed by atoms with Crippen molar-refractivity contribution in [2.45, 2.75) is 51.6 Å². The topological polar surface area (TPSA) is 15.3 Å². The highest BCUT2D eigenvalue weighted by Crippen LogP contribution is 2.19. The molecule has 1 N–H and O–H groups in total. The van der Waals surface area contributed by atoms with E-state index in [0.717, 1.165) is 4.47 Å². The van der Waals surface area contributed by atoms with Gasteiger partial charge in [-0.05, 0) is 69.9 Å². The summed E-state index contributed by atoms with van der Waals surface area (Å²) in [5.41, 5.74) is 1.38. The molecule has 0 amide bonds. The molecule has 1 aromatic rings. The normalized spacial score (nSPS) is 22.4. The Hall–Kier alpha value is -0.380.